The van der Waals surface area contributed by atoms with Gasteiger partial charge < -0.3 is 5.73 Å². The zero-order chi connectivity index (χ0) is 14.7. The number of aryl methyl sites for hydroxylation is 1. The first-order valence-corrected chi connectivity index (χ1v) is 7.45. The van der Waals surface area contributed by atoms with E-state index in [1.54, 1.807) is 0 Å². The summed E-state index contributed by atoms with van der Waals surface area (Å²) in [6.45, 7) is 2.34. The lowest BCUT2D eigenvalue weighted by Crippen LogP contribution is -2.03. The summed E-state index contributed by atoms with van der Waals surface area (Å²) in [6.07, 6.45) is 0. The molecule has 0 saturated carbocycles. The zero-order valence-electron chi connectivity index (χ0n) is 11.0. The van der Waals surface area contributed by atoms with E-state index in [2.05, 4.69) is 0 Å². The highest BCUT2D eigenvalue weighted by molar-refractivity contribution is 7.84. The molecule has 2 N–H and O–H groups in total. The third kappa shape index (κ3) is 3.29. The van der Waals surface area contributed by atoms with Crippen LogP contribution in [0.5, 0.6) is 0 Å². The summed E-state index contributed by atoms with van der Waals surface area (Å²) in [6, 6.07) is 8.72. The van der Waals surface area contributed by atoms with Gasteiger partial charge in [0.25, 0.3) is 0 Å². The van der Waals surface area contributed by atoms with Crippen molar-refractivity contribution in [3.8, 4) is 0 Å². The van der Waals surface area contributed by atoms with Crippen LogP contribution >= 0.6 is 0 Å². The number of rotatable bonds is 4. The Hall–Kier alpha value is -1.59. The number of benzene rings is 2. The molecule has 0 radical (unpaired) electrons. The third-order valence-corrected chi connectivity index (χ3v) is 4.46. The van der Waals surface area contributed by atoms with E-state index in [4.69, 9.17) is 5.73 Å². The first kappa shape index (κ1) is 14.8. The van der Waals surface area contributed by atoms with Gasteiger partial charge in [-0.3, -0.25) is 4.21 Å². The molecular formula is C15H15F2NOS. The predicted molar refractivity (Wildman–Crippen MR) is 75.5 cm³/mol. The lowest BCUT2D eigenvalue weighted by molar-refractivity contribution is 0.562. The predicted octanol–water partition coefficient (Wildman–Crippen LogP) is 3.04. The van der Waals surface area contributed by atoms with Gasteiger partial charge in [-0.1, -0.05) is 18.2 Å². The standard InChI is InChI=1S/C15H15F2NOS/c1-10-6-11(8-18)2-3-12(10)9-20(19)15-5-4-13(16)7-14(15)17/h2-7H,8-9,18H2,1H3. The lowest BCUT2D eigenvalue weighted by atomic mass is 10.1. The second-order valence-corrected chi connectivity index (χ2v) is 5.95. The van der Waals surface area contributed by atoms with E-state index in [0.29, 0.717) is 6.54 Å². The minimum atomic E-state index is -1.55. The summed E-state index contributed by atoms with van der Waals surface area (Å²) < 4.78 is 38.6. The molecule has 0 amide bonds. The highest BCUT2D eigenvalue weighted by atomic mass is 32.2. The smallest absolute Gasteiger partial charge is 0.142 e. The topological polar surface area (TPSA) is 43.1 Å². The number of hydrogen-bond donors (Lipinski definition) is 1. The average Bonchev–Trinajstić information content (AvgIpc) is 2.40. The molecular weight excluding hydrogens is 280 g/mol. The van der Waals surface area contributed by atoms with E-state index in [1.165, 1.54) is 6.07 Å². The zero-order valence-corrected chi connectivity index (χ0v) is 11.8. The Morgan fingerprint density at radius 3 is 2.50 bits per heavy atom. The van der Waals surface area contributed by atoms with Crippen LogP contribution in [0.4, 0.5) is 8.78 Å². The molecule has 1 unspecified atom stereocenters. The van der Waals surface area contributed by atoms with Crippen LogP contribution < -0.4 is 5.73 Å². The van der Waals surface area contributed by atoms with Crippen LogP contribution in [-0.4, -0.2) is 4.21 Å². The molecule has 0 heterocycles. The Labute approximate surface area is 119 Å². The molecule has 106 valence electrons. The summed E-state index contributed by atoms with van der Waals surface area (Å²) in [4.78, 5) is 0.0219. The van der Waals surface area contributed by atoms with Crippen molar-refractivity contribution in [3.05, 3.63) is 64.7 Å². The lowest BCUT2D eigenvalue weighted by Gasteiger charge is -2.08. The largest absolute Gasteiger partial charge is 0.326 e. The van der Waals surface area contributed by atoms with Gasteiger partial charge in [-0.25, -0.2) is 8.78 Å². The maximum atomic E-state index is 13.6. The van der Waals surface area contributed by atoms with Crippen molar-refractivity contribution >= 4 is 10.8 Å². The van der Waals surface area contributed by atoms with Gasteiger partial charge in [-0.15, -0.1) is 0 Å². The highest BCUT2D eigenvalue weighted by Crippen LogP contribution is 2.19. The van der Waals surface area contributed by atoms with E-state index in [-0.39, 0.29) is 10.6 Å². The minimum Gasteiger partial charge on any atom is -0.326 e. The molecule has 5 heteroatoms. The van der Waals surface area contributed by atoms with Crippen molar-refractivity contribution < 1.29 is 13.0 Å². The van der Waals surface area contributed by atoms with Crippen molar-refractivity contribution in [2.24, 2.45) is 5.73 Å². The SMILES string of the molecule is Cc1cc(CN)ccc1CS(=O)c1ccc(F)cc1F. The molecule has 0 aliphatic rings. The monoisotopic (exact) mass is 295 g/mol. The summed E-state index contributed by atoms with van der Waals surface area (Å²) in [7, 11) is -1.55. The molecule has 0 aliphatic carbocycles. The van der Waals surface area contributed by atoms with Gasteiger partial charge in [0.15, 0.2) is 0 Å². The molecule has 0 saturated heterocycles. The molecule has 2 aromatic carbocycles. The molecule has 20 heavy (non-hydrogen) atoms. The number of nitrogens with two attached hydrogens (primary N) is 1. The molecule has 0 bridgehead atoms. The van der Waals surface area contributed by atoms with Gasteiger partial charge in [0, 0.05) is 12.6 Å². The fourth-order valence-corrected chi connectivity index (χ4v) is 3.18. The van der Waals surface area contributed by atoms with E-state index in [1.807, 2.05) is 25.1 Å². The van der Waals surface area contributed by atoms with Gasteiger partial charge in [0.1, 0.15) is 11.6 Å². The van der Waals surface area contributed by atoms with Crippen LogP contribution in [0.3, 0.4) is 0 Å². The number of hydrogen-bond acceptors (Lipinski definition) is 2. The second kappa shape index (κ2) is 6.24. The Morgan fingerprint density at radius 2 is 1.90 bits per heavy atom. The van der Waals surface area contributed by atoms with E-state index >= 15 is 0 Å². The first-order valence-electron chi connectivity index (χ1n) is 6.13. The Balaban J connectivity index is 2.23. The fourth-order valence-electron chi connectivity index (χ4n) is 1.93. The Morgan fingerprint density at radius 1 is 1.15 bits per heavy atom. The van der Waals surface area contributed by atoms with Crippen molar-refractivity contribution in [2.45, 2.75) is 24.1 Å². The third-order valence-electron chi connectivity index (χ3n) is 3.07. The maximum Gasteiger partial charge on any atom is 0.142 e. The van der Waals surface area contributed by atoms with Crippen molar-refractivity contribution in [2.75, 3.05) is 0 Å². The van der Waals surface area contributed by atoms with E-state index < -0.39 is 22.4 Å². The van der Waals surface area contributed by atoms with Gasteiger partial charge >= 0.3 is 0 Å². The maximum absolute atomic E-state index is 13.6. The van der Waals surface area contributed by atoms with Gasteiger partial charge in [0.05, 0.1) is 21.4 Å². The molecule has 1 atom stereocenters. The molecule has 2 aromatic rings. The van der Waals surface area contributed by atoms with Crippen molar-refractivity contribution in [3.63, 3.8) is 0 Å². The Bertz CT molecular complexity index is 658. The van der Waals surface area contributed by atoms with Crippen LogP contribution in [0, 0.1) is 18.6 Å². The van der Waals surface area contributed by atoms with Crippen LogP contribution in [0.1, 0.15) is 16.7 Å². The second-order valence-electron chi connectivity index (χ2n) is 4.53. The number of halogens is 2. The molecule has 0 spiro atoms. The molecule has 0 fully saturated rings. The van der Waals surface area contributed by atoms with E-state index in [9.17, 15) is 13.0 Å². The normalized spacial score (nSPS) is 12.4. The van der Waals surface area contributed by atoms with Crippen LogP contribution in [0.2, 0.25) is 0 Å². The first-order chi connectivity index (χ1) is 9.51. The fraction of sp³-hybridized carbons (Fsp3) is 0.200. The molecule has 2 rings (SSSR count). The highest BCUT2D eigenvalue weighted by Gasteiger charge is 2.13. The van der Waals surface area contributed by atoms with Crippen LogP contribution in [0.25, 0.3) is 0 Å². The van der Waals surface area contributed by atoms with Gasteiger partial charge in [-0.2, -0.15) is 0 Å². The summed E-state index contributed by atoms with van der Waals surface area (Å²) in [5.41, 5.74) is 8.37. The Kier molecular flexibility index (Phi) is 4.62. The van der Waals surface area contributed by atoms with Gasteiger partial charge in [0.2, 0.25) is 0 Å². The van der Waals surface area contributed by atoms with Crippen molar-refractivity contribution in [1.29, 1.82) is 0 Å². The quantitative estimate of drug-likeness (QED) is 0.942. The molecule has 0 aromatic heterocycles. The van der Waals surface area contributed by atoms with Crippen LogP contribution in [0.15, 0.2) is 41.3 Å². The molecule has 0 aliphatic heterocycles. The van der Waals surface area contributed by atoms with Crippen LogP contribution in [-0.2, 0) is 23.1 Å². The van der Waals surface area contributed by atoms with Gasteiger partial charge in [-0.05, 0) is 35.7 Å². The summed E-state index contributed by atoms with van der Waals surface area (Å²) in [5.74, 6) is -1.26. The molecule has 2 nitrogen and oxygen atoms in total. The van der Waals surface area contributed by atoms with Crippen molar-refractivity contribution in [1.82, 2.24) is 0 Å². The summed E-state index contributed by atoms with van der Waals surface area (Å²) in [5, 5.41) is 0. The minimum absolute atomic E-state index is 0.0219. The van der Waals surface area contributed by atoms with E-state index in [0.717, 1.165) is 28.8 Å². The average molecular weight is 295 g/mol. The summed E-state index contributed by atoms with van der Waals surface area (Å²) >= 11 is 0.